The van der Waals surface area contributed by atoms with Gasteiger partial charge in [-0.15, -0.1) is 0 Å². The number of ether oxygens (including phenoxy) is 1. The van der Waals surface area contributed by atoms with Gasteiger partial charge in [0.2, 0.25) is 5.91 Å². The van der Waals surface area contributed by atoms with E-state index in [4.69, 9.17) is 4.74 Å². The maximum absolute atomic E-state index is 12.3. The summed E-state index contributed by atoms with van der Waals surface area (Å²) >= 11 is 0. The van der Waals surface area contributed by atoms with Crippen LogP contribution in [0.15, 0.2) is 30.3 Å². The van der Waals surface area contributed by atoms with Crippen LogP contribution in [0.5, 0.6) is 0 Å². The molecule has 1 aliphatic rings. The molecule has 0 saturated carbocycles. The Morgan fingerprint density at radius 2 is 1.71 bits per heavy atom. The van der Waals surface area contributed by atoms with Gasteiger partial charge in [-0.05, 0) is 45.7 Å². The maximum atomic E-state index is 12.3. The SMILES string of the molecule is CN(CC(=O)NC(C)(C)C)C(=O)COC(=O)C1CCN(C(=O)Nc2ccccc2)CC1. The molecule has 1 heterocycles. The second-order valence-corrected chi connectivity index (χ2v) is 8.71. The summed E-state index contributed by atoms with van der Waals surface area (Å²) in [4.78, 5) is 51.6. The van der Waals surface area contributed by atoms with Gasteiger partial charge in [-0.2, -0.15) is 0 Å². The third-order valence-corrected chi connectivity index (χ3v) is 4.80. The summed E-state index contributed by atoms with van der Waals surface area (Å²) in [6, 6.07) is 8.96. The molecule has 0 aliphatic carbocycles. The number of urea groups is 1. The van der Waals surface area contributed by atoms with Crippen LogP contribution in [0.1, 0.15) is 33.6 Å². The quantitative estimate of drug-likeness (QED) is 0.667. The molecule has 1 fully saturated rings. The van der Waals surface area contributed by atoms with Crippen LogP contribution in [-0.4, -0.2) is 72.4 Å². The molecule has 0 atom stereocenters. The van der Waals surface area contributed by atoms with Crippen molar-refractivity contribution in [3.63, 3.8) is 0 Å². The Labute approximate surface area is 183 Å². The van der Waals surface area contributed by atoms with E-state index in [9.17, 15) is 19.2 Å². The molecule has 0 spiro atoms. The predicted molar refractivity (Wildman–Crippen MR) is 116 cm³/mol. The number of carbonyl (C=O) groups is 4. The van der Waals surface area contributed by atoms with Crippen molar-refractivity contribution in [2.24, 2.45) is 5.92 Å². The van der Waals surface area contributed by atoms with E-state index in [0.29, 0.717) is 31.6 Å². The molecule has 2 N–H and O–H groups in total. The molecular weight excluding hydrogens is 400 g/mol. The number of rotatable bonds is 6. The fraction of sp³-hybridized carbons (Fsp3) is 0.545. The van der Waals surface area contributed by atoms with E-state index in [-0.39, 0.29) is 29.9 Å². The smallest absolute Gasteiger partial charge is 0.321 e. The summed E-state index contributed by atoms with van der Waals surface area (Å²) in [6.07, 6.45) is 0.943. The molecule has 1 aromatic rings. The number of likely N-dealkylation sites (N-methyl/N-ethyl adjacent to an activating group) is 1. The van der Waals surface area contributed by atoms with E-state index < -0.39 is 18.5 Å². The van der Waals surface area contributed by atoms with Gasteiger partial charge in [-0.1, -0.05) is 18.2 Å². The van der Waals surface area contributed by atoms with Crippen LogP contribution in [0, 0.1) is 5.92 Å². The first kappa shape index (κ1) is 24.2. The minimum Gasteiger partial charge on any atom is -0.455 e. The number of carbonyl (C=O) groups excluding carboxylic acids is 4. The van der Waals surface area contributed by atoms with Crippen molar-refractivity contribution in [3.8, 4) is 0 Å². The van der Waals surface area contributed by atoms with Crippen molar-refractivity contribution < 1.29 is 23.9 Å². The van der Waals surface area contributed by atoms with Gasteiger partial charge < -0.3 is 25.2 Å². The number of nitrogens with one attached hydrogen (secondary N) is 2. The number of amides is 4. The Kier molecular flexibility index (Phi) is 8.41. The molecular formula is C22H32N4O5. The van der Waals surface area contributed by atoms with Crippen molar-refractivity contribution in [1.82, 2.24) is 15.1 Å². The number of esters is 1. The number of nitrogens with zero attached hydrogens (tertiary/aromatic N) is 2. The largest absolute Gasteiger partial charge is 0.455 e. The third-order valence-electron chi connectivity index (χ3n) is 4.80. The number of piperidine rings is 1. The van der Waals surface area contributed by atoms with Crippen molar-refractivity contribution in [2.45, 2.75) is 39.2 Å². The van der Waals surface area contributed by atoms with Gasteiger partial charge in [0.05, 0.1) is 12.5 Å². The lowest BCUT2D eigenvalue weighted by Crippen LogP contribution is -2.47. The normalized spacial score (nSPS) is 14.5. The van der Waals surface area contributed by atoms with Crippen molar-refractivity contribution in [1.29, 1.82) is 0 Å². The number of hydrogen-bond donors (Lipinski definition) is 2. The second kappa shape index (κ2) is 10.8. The summed E-state index contributed by atoms with van der Waals surface area (Å²) in [5.74, 6) is -1.54. The lowest BCUT2D eigenvalue weighted by molar-refractivity contribution is -0.156. The highest BCUT2D eigenvalue weighted by atomic mass is 16.5. The number of para-hydroxylation sites is 1. The first-order valence-corrected chi connectivity index (χ1v) is 10.4. The topological polar surface area (TPSA) is 108 Å². The fourth-order valence-corrected chi connectivity index (χ4v) is 3.16. The highest BCUT2D eigenvalue weighted by molar-refractivity contribution is 5.89. The zero-order valence-corrected chi connectivity index (χ0v) is 18.6. The van der Waals surface area contributed by atoms with E-state index in [1.807, 2.05) is 51.1 Å². The fourth-order valence-electron chi connectivity index (χ4n) is 3.16. The Balaban J connectivity index is 1.70. The van der Waals surface area contributed by atoms with Crippen LogP contribution in [0.25, 0.3) is 0 Å². The van der Waals surface area contributed by atoms with Crippen LogP contribution < -0.4 is 10.6 Å². The summed E-state index contributed by atoms with van der Waals surface area (Å²) in [5, 5.41) is 5.60. The molecule has 0 radical (unpaired) electrons. The Bertz CT molecular complexity index is 783. The van der Waals surface area contributed by atoms with E-state index >= 15 is 0 Å². The molecule has 4 amide bonds. The highest BCUT2D eigenvalue weighted by Crippen LogP contribution is 2.19. The average Bonchev–Trinajstić information content (AvgIpc) is 2.71. The van der Waals surface area contributed by atoms with E-state index in [1.165, 1.54) is 11.9 Å². The first-order chi connectivity index (χ1) is 14.5. The summed E-state index contributed by atoms with van der Waals surface area (Å²) in [7, 11) is 1.49. The molecule has 9 nitrogen and oxygen atoms in total. The van der Waals surface area contributed by atoms with Crippen molar-refractivity contribution in [2.75, 3.05) is 38.6 Å². The molecule has 170 valence electrons. The van der Waals surface area contributed by atoms with Gasteiger partial charge in [-0.3, -0.25) is 14.4 Å². The molecule has 1 saturated heterocycles. The van der Waals surface area contributed by atoms with E-state index in [1.54, 1.807) is 4.90 Å². The number of benzene rings is 1. The Morgan fingerprint density at radius 1 is 1.10 bits per heavy atom. The molecule has 1 aromatic carbocycles. The van der Waals surface area contributed by atoms with Crippen LogP contribution in [-0.2, 0) is 19.1 Å². The number of anilines is 1. The minimum atomic E-state index is -0.455. The average molecular weight is 433 g/mol. The Morgan fingerprint density at radius 3 is 2.29 bits per heavy atom. The molecule has 0 unspecified atom stereocenters. The van der Waals surface area contributed by atoms with Crippen LogP contribution in [0.2, 0.25) is 0 Å². The van der Waals surface area contributed by atoms with Gasteiger partial charge in [0.1, 0.15) is 0 Å². The van der Waals surface area contributed by atoms with Crippen LogP contribution in [0.4, 0.5) is 10.5 Å². The Hall–Kier alpha value is -3.10. The summed E-state index contributed by atoms with van der Waals surface area (Å²) in [6.45, 7) is 5.90. The zero-order chi connectivity index (χ0) is 23.0. The molecule has 9 heteroatoms. The lowest BCUT2D eigenvalue weighted by Gasteiger charge is -2.31. The predicted octanol–water partition coefficient (Wildman–Crippen LogP) is 1.85. The standard InChI is InChI=1S/C22H32N4O5/c1-22(2,3)24-18(27)14-25(4)19(28)15-31-20(29)16-10-12-26(13-11-16)21(30)23-17-8-6-5-7-9-17/h5-9,16H,10-15H2,1-4H3,(H,23,30)(H,24,27). The minimum absolute atomic E-state index is 0.109. The van der Waals surface area contributed by atoms with Crippen molar-refractivity contribution in [3.05, 3.63) is 30.3 Å². The highest BCUT2D eigenvalue weighted by Gasteiger charge is 2.29. The van der Waals surface area contributed by atoms with Gasteiger partial charge in [-0.25, -0.2) is 4.79 Å². The first-order valence-electron chi connectivity index (χ1n) is 10.4. The van der Waals surface area contributed by atoms with Gasteiger partial charge in [0, 0.05) is 31.4 Å². The maximum Gasteiger partial charge on any atom is 0.321 e. The molecule has 1 aliphatic heterocycles. The summed E-state index contributed by atoms with van der Waals surface area (Å²) < 4.78 is 5.16. The lowest BCUT2D eigenvalue weighted by atomic mass is 9.97. The van der Waals surface area contributed by atoms with E-state index in [0.717, 1.165) is 0 Å². The van der Waals surface area contributed by atoms with Gasteiger partial charge >= 0.3 is 12.0 Å². The zero-order valence-electron chi connectivity index (χ0n) is 18.6. The van der Waals surface area contributed by atoms with Gasteiger partial charge in [0.25, 0.3) is 5.91 Å². The molecule has 0 aromatic heterocycles. The molecule has 31 heavy (non-hydrogen) atoms. The van der Waals surface area contributed by atoms with E-state index in [2.05, 4.69) is 10.6 Å². The summed E-state index contributed by atoms with van der Waals surface area (Å²) in [5.41, 5.74) is 0.327. The molecule has 0 bridgehead atoms. The van der Waals surface area contributed by atoms with Crippen LogP contribution in [0.3, 0.4) is 0 Å². The van der Waals surface area contributed by atoms with Crippen molar-refractivity contribution >= 4 is 29.5 Å². The number of likely N-dealkylation sites (tertiary alicyclic amines) is 1. The number of hydrogen-bond acceptors (Lipinski definition) is 5. The molecule has 2 rings (SSSR count). The monoisotopic (exact) mass is 432 g/mol. The van der Waals surface area contributed by atoms with Gasteiger partial charge in [0.15, 0.2) is 6.61 Å². The third kappa shape index (κ3) is 8.27. The second-order valence-electron chi connectivity index (χ2n) is 8.71. The van der Waals surface area contributed by atoms with Crippen LogP contribution >= 0.6 is 0 Å².